The van der Waals surface area contributed by atoms with Gasteiger partial charge in [-0.1, -0.05) is 56.3 Å². The zero-order valence-electron chi connectivity index (χ0n) is 17.5. The highest BCUT2D eigenvalue weighted by Crippen LogP contribution is 2.22. The third kappa shape index (κ3) is 5.37. The lowest BCUT2D eigenvalue weighted by Gasteiger charge is -2.21. The van der Waals surface area contributed by atoms with Gasteiger partial charge in [0.2, 0.25) is 10.0 Å². The molecule has 3 aromatic rings. The van der Waals surface area contributed by atoms with E-state index in [2.05, 4.69) is 5.32 Å². The number of benzene rings is 3. The maximum atomic E-state index is 14.4. The molecule has 0 spiro atoms. The van der Waals surface area contributed by atoms with Gasteiger partial charge >= 0.3 is 0 Å². The Balaban J connectivity index is 1.86. The second kappa shape index (κ2) is 9.85. The summed E-state index contributed by atoms with van der Waals surface area (Å²) in [6.45, 7) is 4.17. The predicted octanol–water partition coefficient (Wildman–Crippen LogP) is 4.85. The summed E-state index contributed by atoms with van der Waals surface area (Å²) in [7, 11) is -3.92. The summed E-state index contributed by atoms with van der Waals surface area (Å²) in [6.07, 6.45) is 0.861. The van der Waals surface area contributed by atoms with Crippen LogP contribution in [0.4, 0.5) is 10.1 Å². The van der Waals surface area contributed by atoms with Crippen molar-refractivity contribution in [3.05, 3.63) is 95.3 Å². The van der Waals surface area contributed by atoms with Crippen LogP contribution in [0.15, 0.2) is 77.7 Å². The monoisotopic (exact) mass is 440 g/mol. The molecule has 0 saturated heterocycles. The molecule has 31 heavy (non-hydrogen) atoms. The molecule has 7 heteroatoms. The van der Waals surface area contributed by atoms with Crippen LogP contribution >= 0.6 is 0 Å². The van der Waals surface area contributed by atoms with Crippen molar-refractivity contribution in [2.45, 2.75) is 31.7 Å². The molecule has 0 atom stereocenters. The van der Waals surface area contributed by atoms with Crippen molar-refractivity contribution in [3.63, 3.8) is 0 Å². The third-order valence-electron chi connectivity index (χ3n) is 4.99. The quantitative estimate of drug-likeness (QED) is 0.544. The molecule has 0 aliphatic carbocycles. The molecular formula is C24H25FN2O3S. The van der Waals surface area contributed by atoms with E-state index in [0.29, 0.717) is 5.69 Å². The van der Waals surface area contributed by atoms with E-state index in [1.165, 1.54) is 10.4 Å². The predicted molar refractivity (Wildman–Crippen MR) is 120 cm³/mol. The Morgan fingerprint density at radius 3 is 2.23 bits per heavy atom. The zero-order valence-corrected chi connectivity index (χ0v) is 18.3. The lowest BCUT2D eigenvalue weighted by molar-refractivity contribution is 0.102. The zero-order chi connectivity index (χ0) is 22.4. The summed E-state index contributed by atoms with van der Waals surface area (Å²) >= 11 is 0. The number of aryl methyl sites for hydroxylation is 1. The van der Waals surface area contributed by atoms with Crippen molar-refractivity contribution in [2.75, 3.05) is 11.9 Å². The van der Waals surface area contributed by atoms with Crippen molar-refractivity contribution in [3.8, 4) is 0 Å². The lowest BCUT2D eigenvalue weighted by Crippen LogP contribution is -2.30. The second-order valence-electron chi connectivity index (χ2n) is 7.06. The second-order valence-corrected chi connectivity index (χ2v) is 9.00. The van der Waals surface area contributed by atoms with E-state index >= 15 is 0 Å². The van der Waals surface area contributed by atoms with Gasteiger partial charge in [0.25, 0.3) is 5.91 Å². The van der Waals surface area contributed by atoms with Gasteiger partial charge in [-0.25, -0.2) is 12.8 Å². The molecule has 1 amide bonds. The van der Waals surface area contributed by atoms with E-state index in [0.717, 1.165) is 29.7 Å². The van der Waals surface area contributed by atoms with Gasteiger partial charge in [0.05, 0.1) is 10.5 Å². The number of anilines is 1. The molecule has 0 aliphatic rings. The van der Waals surface area contributed by atoms with Gasteiger partial charge in [0.1, 0.15) is 5.82 Å². The molecule has 0 saturated carbocycles. The molecular weight excluding hydrogens is 415 g/mol. The Hall–Kier alpha value is -3.03. The van der Waals surface area contributed by atoms with Crippen molar-refractivity contribution in [1.82, 2.24) is 4.31 Å². The van der Waals surface area contributed by atoms with Crippen LogP contribution in [-0.4, -0.2) is 25.2 Å². The average molecular weight is 441 g/mol. The van der Waals surface area contributed by atoms with Crippen LogP contribution in [0.1, 0.15) is 35.3 Å². The molecule has 5 nitrogen and oxygen atoms in total. The van der Waals surface area contributed by atoms with Crippen LogP contribution in [-0.2, 0) is 23.0 Å². The molecule has 1 N–H and O–H groups in total. The minimum Gasteiger partial charge on any atom is -0.322 e. The van der Waals surface area contributed by atoms with Crippen molar-refractivity contribution in [2.24, 2.45) is 0 Å². The first-order valence-corrected chi connectivity index (χ1v) is 11.5. The van der Waals surface area contributed by atoms with Crippen LogP contribution in [0.5, 0.6) is 0 Å². The largest absolute Gasteiger partial charge is 0.322 e. The van der Waals surface area contributed by atoms with E-state index in [4.69, 9.17) is 0 Å². The van der Waals surface area contributed by atoms with Crippen molar-refractivity contribution in [1.29, 1.82) is 0 Å². The minimum atomic E-state index is -3.92. The van der Waals surface area contributed by atoms with Gasteiger partial charge in [-0.15, -0.1) is 0 Å². The van der Waals surface area contributed by atoms with E-state index in [1.54, 1.807) is 19.1 Å². The highest BCUT2D eigenvalue weighted by Gasteiger charge is 2.25. The highest BCUT2D eigenvalue weighted by atomic mass is 32.2. The fraction of sp³-hybridized carbons (Fsp3) is 0.208. The topological polar surface area (TPSA) is 66.5 Å². The fourth-order valence-electron chi connectivity index (χ4n) is 3.16. The van der Waals surface area contributed by atoms with Gasteiger partial charge in [-0.05, 0) is 47.9 Å². The van der Waals surface area contributed by atoms with Crippen LogP contribution in [0.2, 0.25) is 0 Å². The maximum Gasteiger partial charge on any atom is 0.258 e. The molecule has 0 bridgehead atoms. The molecule has 0 radical (unpaired) electrons. The van der Waals surface area contributed by atoms with Gasteiger partial charge in [0, 0.05) is 18.8 Å². The smallest absolute Gasteiger partial charge is 0.258 e. The molecule has 0 heterocycles. The first-order valence-electron chi connectivity index (χ1n) is 10.1. The number of nitrogens with zero attached hydrogens (tertiary/aromatic N) is 1. The van der Waals surface area contributed by atoms with Gasteiger partial charge in [-0.2, -0.15) is 4.31 Å². The normalized spacial score (nSPS) is 11.5. The summed E-state index contributed by atoms with van der Waals surface area (Å²) in [5, 5.41) is 2.62. The molecule has 0 fully saturated rings. The Morgan fingerprint density at radius 1 is 0.935 bits per heavy atom. The Bertz CT molecular complexity index is 1150. The van der Waals surface area contributed by atoms with Crippen LogP contribution in [0.3, 0.4) is 0 Å². The van der Waals surface area contributed by atoms with Gasteiger partial charge in [-0.3, -0.25) is 4.79 Å². The summed E-state index contributed by atoms with van der Waals surface area (Å²) in [5.74, 6) is -1.49. The number of hydrogen-bond acceptors (Lipinski definition) is 3. The first kappa shape index (κ1) is 22.7. The molecule has 162 valence electrons. The first-order chi connectivity index (χ1) is 14.8. The summed E-state index contributed by atoms with van der Waals surface area (Å²) in [4.78, 5) is 12.5. The highest BCUT2D eigenvalue weighted by molar-refractivity contribution is 7.89. The summed E-state index contributed by atoms with van der Waals surface area (Å²) < 4.78 is 42.0. The molecule has 3 aromatic carbocycles. The van der Waals surface area contributed by atoms with E-state index in [9.17, 15) is 17.6 Å². The number of carbonyl (C=O) groups excluding carboxylic acids is 1. The number of amides is 1. The molecule has 0 aliphatic heterocycles. The fourth-order valence-corrected chi connectivity index (χ4v) is 4.63. The average Bonchev–Trinajstić information content (AvgIpc) is 2.78. The van der Waals surface area contributed by atoms with E-state index in [1.807, 2.05) is 49.4 Å². The number of rotatable bonds is 8. The van der Waals surface area contributed by atoms with E-state index in [-0.39, 0.29) is 23.5 Å². The SMILES string of the molecule is CCc1ccc(NC(=O)c2cc(S(=O)(=O)N(CC)Cc3ccccc3)ccc2F)cc1. The third-order valence-corrected chi connectivity index (χ3v) is 6.91. The molecule has 0 aromatic heterocycles. The molecule has 0 unspecified atom stereocenters. The lowest BCUT2D eigenvalue weighted by atomic mass is 10.1. The van der Waals surface area contributed by atoms with Gasteiger partial charge in [0.15, 0.2) is 0 Å². The number of hydrogen-bond donors (Lipinski definition) is 1. The van der Waals surface area contributed by atoms with E-state index < -0.39 is 21.7 Å². The molecule has 3 rings (SSSR count). The number of halogens is 1. The Labute approximate surface area is 182 Å². The van der Waals surface area contributed by atoms with Crippen LogP contribution in [0, 0.1) is 5.82 Å². The van der Waals surface area contributed by atoms with Gasteiger partial charge < -0.3 is 5.32 Å². The van der Waals surface area contributed by atoms with Crippen LogP contribution in [0.25, 0.3) is 0 Å². The Morgan fingerprint density at radius 2 is 1.61 bits per heavy atom. The summed E-state index contributed by atoms with van der Waals surface area (Å²) in [6, 6.07) is 19.7. The van der Waals surface area contributed by atoms with Crippen molar-refractivity contribution >= 4 is 21.6 Å². The number of sulfonamides is 1. The van der Waals surface area contributed by atoms with Crippen molar-refractivity contribution < 1.29 is 17.6 Å². The number of carbonyl (C=O) groups is 1. The summed E-state index contributed by atoms with van der Waals surface area (Å²) in [5.41, 5.74) is 2.13. The standard InChI is InChI=1S/C24H25FN2O3S/c1-3-18-10-12-20(13-11-18)26-24(28)22-16-21(14-15-23(22)25)31(29,30)27(4-2)17-19-8-6-5-7-9-19/h5-16H,3-4,17H2,1-2H3,(H,26,28). The number of nitrogens with one attached hydrogen (secondary N) is 1. The maximum absolute atomic E-state index is 14.4. The minimum absolute atomic E-state index is 0.127. The Kier molecular flexibility index (Phi) is 7.20. The van der Waals surface area contributed by atoms with Crippen LogP contribution < -0.4 is 5.32 Å².